The number of aromatic nitrogens is 3. The first-order chi connectivity index (χ1) is 11.0. The third kappa shape index (κ3) is 5.61. The van der Waals surface area contributed by atoms with Crippen LogP contribution in [-0.2, 0) is 13.1 Å². The lowest BCUT2D eigenvalue weighted by Gasteiger charge is -2.16. The zero-order chi connectivity index (χ0) is 16.7. The van der Waals surface area contributed by atoms with Crippen molar-refractivity contribution in [3.63, 3.8) is 0 Å². The van der Waals surface area contributed by atoms with Gasteiger partial charge in [0.1, 0.15) is 0 Å². The smallest absolute Gasteiger partial charge is 0.315 e. The maximum absolute atomic E-state index is 12.0. The third-order valence-electron chi connectivity index (χ3n) is 3.03. The van der Waals surface area contributed by atoms with Gasteiger partial charge in [0.05, 0.1) is 12.6 Å². The first kappa shape index (κ1) is 16.8. The predicted octanol–water partition coefficient (Wildman–Crippen LogP) is 1.95. The minimum Gasteiger partial charge on any atom is -0.475 e. The van der Waals surface area contributed by atoms with Crippen LogP contribution in [0.2, 0.25) is 0 Å². The Kier molecular flexibility index (Phi) is 5.96. The van der Waals surface area contributed by atoms with Crippen molar-refractivity contribution in [2.45, 2.75) is 46.0 Å². The average Bonchev–Trinajstić information content (AvgIpc) is 2.98. The first-order valence-corrected chi connectivity index (χ1v) is 7.67. The van der Waals surface area contributed by atoms with Crippen LogP contribution in [0.25, 0.3) is 0 Å². The second-order valence-corrected chi connectivity index (χ2v) is 5.59. The summed E-state index contributed by atoms with van der Waals surface area (Å²) in [7, 11) is 0. The first-order valence-electron chi connectivity index (χ1n) is 7.67. The Morgan fingerprint density at radius 2 is 2.13 bits per heavy atom. The SMILES string of the molecule is CC(C)Oc1ncccc1CNC(=O)N[C@@H](C)Cn1cccn1. The van der Waals surface area contributed by atoms with Crippen LogP contribution in [0.4, 0.5) is 4.79 Å². The molecule has 0 aliphatic rings. The fourth-order valence-electron chi connectivity index (χ4n) is 2.07. The number of pyridine rings is 1. The minimum absolute atomic E-state index is 0.0322. The summed E-state index contributed by atoms with van der Waals surface area (Å²) in [4.78, 5) is 16.2. The number of carbonyl (C=O) groups excluding carboxylic acids is 1. The van der Waals surface area contributed by atoms with E-state index >= 15 is 0 Å². The summed E-state index contributed by atoms with van der Waals surface area (Å²) in [6.45, 7) is 6.79. The fraction of sp³-hybridized carbons (Fsp3) is 0.438. The van der Waals surface area contributed by atoms with Crippen molar-refractivity contribution in [1.29, 1.82) is 0 Å². The molecule has 0 aromatic carbocycles. The number of carbonyl (C=O) groups is 1. The molecule has 23 heavy (non-hydrogen) atoms. The lowest BCUT2D eigenvalue weighted by Crippen LogP contribution is -2.42. The fourth-order valence-corrected chi connectivity index (χ4v) is 2.07. The van der Waals surface area contributed by atoms with Crippen LogP contribution in [0, 0.1) is 0 Å². The Hall–Kier alpha value is -2.57. The van der Waals surface area contributed by atoms with Crippen LogP contribution in [-0.4, -0.2) is 32.9 Å². The molecule has 2 amide bonds. The maximum atomic E-state index is 12.0. The number of nitrogens with one attached hydrogen (secondary N) is 2. The van der Waals surface area contributed by atoms with Crippen LogP contribution in [0.15, 0.2) is 36.8 Å². The van der Waals surface area contributed by atoms with Gasteiger partial charge in [-0.3, -0.25) is 4.68 Å². The Labute approximate surface area is 136 Å². The van der Waals surface area contributed by atoms with Gasteiger partial charge in [0.25, 0.3) is 0 Å². The summed E-state index contributed by atoms with van der Waals surface area (Å²) >= 11 is 0. The number of hydrogen-bond donors (Lipinski definition) is 2. The summed E-state index contributed by atoms with van der Waals surface area (Å²) in [6.07, 6.45) is 5.28. The molecule has 0 saturated heterocycles. The molecule has 0 bridgehead atoms. The monoisotopic (exact) mass is 317 g/mol. The Morgan fingerprint density at radius 1 is 1.30 bits per heavy atom. The molecule has 0 aliphatic carbocycles. The van der Waals surface area contributed by atoms with E-state index in [1.807, 2.05) is 45.2 Å². The van der Waals surface area contributed by atoms with Gasteiger partial charge in [-0.2, -0.15) is 5.10 Å². The molecule has 0 spiro atoms. The second kappa shape index (κ2) is 8.17. The molecule has 7 nitrogen and oxygen atoms in total. The van der Waals surface area contributed by atoms with Gasteiger partial charge in [-0.25, -0.2) is 9.78 Å². The van der Waals surface area contributed by atoms with Gasteiger partial charge in [-0.05, 0) is 32.9 Å². The summed E-state index contributed by atoms with van der Waals surface area (Å²) < 4.78 is 7.41. The van der Waals surface area contributed by atoms with Gasteiger partial charge in [0, 0.05) is 36.7 Å². The number of urea groups is 1. The molecule has 0 radical (unpaired) electrons. The van der Waals surface area contributed by atoms with Gasteiger partial charge >= 0.3 is 6.03 Å². The highest BCUT2D eigenvalue weighted by molar-refractivity contribution is 5.74. The number of hydrogen-bond acceptors (Lipinski definition) is 4. The molecule has 2 rings (SSSR count). The molecule has 0 unspecified atom stereocenters. The number of rotatable bonds is 7. The number of amides is 2. The molecule has 0 fully saturated rings. The van der Waals surface area contributed by atoms with E-state index in [4.69, 9.17) is 4.74 Å². The zero-order valence-electron chi connectivity index (χ0n) is 13.7. The molecular formula is C16H23N5O2. The normalized spacial score (nSPS) is 12.0. The molecule has 1 atom stereocenters. The van der Waals surface area contributed by atoms with E-state index in [2.05, 4.69) is 20.7 Å². The molecular weight excluding hydrogens is 294 g/mol. The Bertz CT molecular complexity index is 613. The standard InChI is InChI=1S/C16H23N5O2/c1-12(2)23-15-14(6-4-7-17-15)10-18-16(22)20-13(3)11-21-9-5-8-19-21/h4-9,12-13H,10-11H2,1-3H3,(H2,18,20,22)/t13-/m0/s1. The topological polar surface area (TPSA) is 81.1 Å². The van der Waals surface area contributed by atoms with Crippen molar-refractivity contribution >= 4 is 6.03 Å². The molecule has 124 valence electrons. The highest BCUT2D eigenvalue weighted by Crippen LogP contribution is 2.15. The van der Waals surface area contributed by atoms with Crippen LogP contribution in [0.3, 0.4) is 0 Å². The average molecular weight is 317 g/mol. The van der Waals surface area contributed by atoms with Gasteiger partial charge in [-0.1, -0.05) is 6.07 Å². The third-order valence-corrected chi connectivity index (χ3v) is 3.03. The largest absolute Gasteiger partial charge is 0.475 e. The minimum atomic E-state index is -0.232. The van der Waals surface area contributed by atoms with E-state index in [0.717, 1.165) is 5.56 Å². The maximum Gasteiger partial charge on any atom is 0.315 e. The molecule has 0 aliphatic heterocycles. The van der Waals surface area contributed by atoms with Crippen LogP contribution >= 0.6 is 0 Å². The van der Waals surface area contributed by atoms with Crippen molar-refractivity contribution < 1.29 is 9.53 Å². The van der Waals surface area contributed by atoms with E-state index in [9.17, 15) is 4.79 Å². The number of nitrogens with zero attached hydrogens (tertiary/aromatic N) is 3. The highest BCUT2D eigenvalue weighted by Gasteiger charge is 2.10. The van der Waals surface area contributed by atoms with Crippen molar-refractivity contribution in [1.82, 2.24) is 25.4 Å². The van der Waals surface area contributed by atoms with Crippen molar-refractivity contribution in [2.24, 2.45) is 0 Å². The summed E-state index contributed by atoms with van der Waals surface area (Å²) in [5.74, 6) is 0.549. The van der Waals surface area contributed by atoms with Crippen molar-refractivity contribution in [2.75, 3.05) is 0 Å². The van der Waals surface area contributed by atoms with E-state index in [1.165, 1.54) is 0 Å². The Morgan fingerprint density at radius 3 is 2.83 bits per heavy atom. The van der Waals surface area contributed by atoms with Gasteiger partial charge < -0.3 is 15.4 Å². The second-order valence-electron chi connectivity index (χ2n) is 5.59. The summed E-state index contributed by atoms with van der Waals surface area (Å²) in [5.41, 5.74) is 0.844. The van der Waals surface area contributed by atoms with Gasteiger partial charge in [-0.15, -0.1) is 0 Å². The molecule has 2 aromatic rings. The molecule has 7 heteroatoms. The van der Waals surface area contributed by atoms with E-state index < -0.39 is 0 Å². The lowest BCUT2D eigenvalue weighted by molar-refractivity contribution is 0.227. The zero-order valence-corrected chi connectivity index (χ0v) is 13.7. The van der Waals surface area contributed by atoms with Crippen molar-refractivity contribution in [3.8, 4) is 5.88 Å². The van der Waals surface area contributed by atoms with Crippen LogP contribution in [0.5, 0.6) is 5.88 Å². The Balaban J connectivity index is 1.82. The van der Waals surface area contributed by atoms with E-state index in [1.54, 1.807) is 17.1 Å². The van der Waals surface area contributed by atoms with Crippen LogP contribution < -0.4 is 15.4 Å². The summed E-state index contributed by atoms with van der Waals surface area (Å²) in [6, 6.07) is 5.30. The molecule has 2 aromatic heterocycles. The number of ether oxygens (including phenoxy) is 1. The van der Waals surface area contributed by atoms with Gasteiger partial charge in [0.2, 0.25) is 5.88 Å². The molecule has 2 N–H and O–H groups in total. The van der Waals surface area contributed by atoms with Crippen LogP contribution in [0.1, 0.15) is 26.3 Å². The predicted molar refractivity (Wildman–Crippen MR) is 87.1 cm³/mol. The van der Waals surface area contributed by atoms with Gasteiger partial charge in [0.15, 0.2) is 0 Å². The quantitative estimate of drug-likeness (QED) is 0.818. The van der Waals surface area contributed by atoms with Crippen molar-refractivity contribution in [3.05, 3.63) is 42.4 Å². The van der Waals surface area contributed by atoms with E-state index in [0.29, 0.717) is 19.0 Å². The highest BCUT2D eigenvalue weighted by atomic mass is 16.5. The summed E-state index contributed by atoms with van der Waals surface area (Å²) in [5, 5.41) is 9.82. The molecule has 2 heterocycles. The lowest BCUT2D eigenvalue weighted by atomic mass is 10.2. The molecule has 0 saturated carbocycles. The van der Waals surface area contributed by atoms with E-state index in [-0.39, 0.29) is 18.2 Å².